The van der Waals surface area contributed by atoms with E-state index >= 15 is 0 Å². The maximum atomic E-state index is 11.8. The Labute approximate surface area is 83.6 Å². The van der Waals surface area contributed by atoms with Gasteiger partial charge in [0.05, 0.1) is 12.2 Å². The first-order valence-corrected chi connectivity index (χ1v) is 5.82. The topological polar surface area (TPSA) is 68.5 Å². The van der Waals surface area contributed by atoms with E-state index < -0.39 is 19.5 Å². The Morgan fingerprint density at radius 2 is 2.21 bits per heavy atom. The lowest BCUT2D eigenvalue weighted by molar-refractivity contribution is 0.0798. The first-order valence-electron chi connectivity index (χ1n) is 4.36. The van der Waals surface area contributed by atoms with Crippen LogP contribution in [0.4, 0.5) is 0 Å². The molecule has 1 aliphatic rings. The highest BCUT2D eigenvalue weighted by molar-refractivity contribution is 7.48. The van der Waals surface area contributed by atoms with Crippen LogP contribution in [0.1, 0.15) is 27.7 Å². The average molecular weight is 219 g/mol. The van der Waals surface area contributed by atoms with E-state index in [2.05, 4.69) is 0 Å². The molecule has 0 aromatic heterocycles. The quantitative estimate of drug-likeness (QED) is 0.666. The Kier molecular flexibility index (Phi) is 3.03. The fraction of sp³-hybridized carbons (Fsp3) is 0.875. The molecule has 0 amide bonds. The molecule has 0 spiro atoms. The van der Waals surface area contributed by atoms with Crippen molar-refractivity contribution in [3.8, 4) is 6.07 Å². The van der Waals surface area contributed by atoms with Crippen LogP contribution in [-0.2, 0) is 18.1 Å². The van der Waals surface area contributed by atoms with Crippen molar-refractivity contribution in [3.05, 3.63) is 0 Å². The van der Waals surface area contributed by atoms with Gasteiger partial charge in [-0.25, -0.2) is 4.57 Å². The van der Waals surface area contributed by atoms with E-state index in [0.29, 0.717) is 0 Å². The monoisotopic (exact) mass is 219 g/mol. The molecule has 6 heteroatoms. The van der Waals surface area contributed by atoms with Crippen LogP contribution >= 0.6 is 7.82 Å². The van der Waals surface area contributed by atoms with Crippen LogP contribution in [-0.4, -0.2) is 17.8 Å². The third-order valence-electron chi connectivity index (χ3n) is 2.08. The lowest BCUT2D eigenvalue weighted by atomic mass is 10.0. The van der Waals surface area contributed by atoms with Crippen molar-refractivity contribution in [1.82, 2.24) is 0 Å². The Hall–Kier alpha value is -0.400. The van der Waals surface area contributed by atoms with Gasteiger partial charge in [0.1, 0.15) is 5.60 Å². The van der Waals surface area contributed by atoms with Gasteiger partial charge in [0.25, 0.3) is 0 Å². The van der Waals surface area contributed by atoms with Gasteiger partial charge < -0.3 is 0 Å². The van der Waals surface area contributed by atoms with E-state index in [1.54, 1.807) is 26.8 Å². The van der Waals surface area contributed by atoms with E-state index in [1.807, 2.05) is 0 Å². The summed E-state index contributed by atoms with van der Waals surface area (Å²) in [4.78, 5) is 0. The SMILES string of the molecule is CC(C#N)OP1(=O)OC(C)C(C)(C)O1. The maximum Gasteiger partial charge on any atom is 0.477 e. The smallest absolute Gasteiger partial charge is 0.281 e. The average Bonchev–Trinajstić information content (AvgIpc) is 2.20. The predicted molar refractivity (Wildman–Crippen MR) is 49.5 cm³/mol. The number of phosphoric ester groups is 1. The second kappa shape index (κ2) is 3.63. The summed E-state index contributed by atoms with van der Waals surface area (Å²) in [5, 5.41) is 8.50. The molecule has 80 valence electrons. The Balaban J connectivity index is 2.73. The molecule has 0 saturated carbocycles. The molecule has 0 aromatic carbocycles. The number of nitrogens with zero attached hydrogens (tertiary/aromatic N) is 1. The van der Waals surface area contributed by atoms with E-state index in [1.165, 1.54) is 6.92 Å². The third-order valence-corrected chi connectivity index (χ3v) is 3.93. The van der Waals surface area contributed by atoms with Crippen LogP contribution in [0.15, 0.2) is 0 Å². The summed E-state index contributed by atoms with van der Waals surface area (Å²) in [7, 11) is -3.54. The molecule has 5 nitrogen and oxygen atoms in total. The molecule has 1 aliphatic heterocycles. The van der Waals surface area contributed by atoms with Gasteiger partial charge in [-0.1, -0.05) is 0 Å². The molecule has 1 fully saturated rings. The minimum atomic E-state index is -3.54. The second-order valence-corrected chi connectivity index (χ2v) is 5.26. The maximum absolute atomic E-state index is 11.8. The number of rotatable bonds is 2. The second-order valence-electron chi connectivity index (χ2n) is 3.77. The molecule has 0 radical (unpaired) electrons. The summed E-state index contributed by atoms with van der Waals surface area (Å²) >= 11 is 0. The van der Waals surface area contributed by atoms with Crippen molar-refractivity contribution in [3.63, 3.8) is 0 Å². The van der Waals surface area contributed by atoms with Crippen molar-refractivity contribution in [2.45, 2.75) is 45.5 Å². The van der Waals surface area contributed by atoms with E-state index in [0.717, 1.165) is 0 Å². The van der Waals surface area contributed by atoms with Crippen molar-refractivity contribution in [2.24, 2.45) is 0 Å². The van der Waals surface area contributed by atoms with E-state index in [9.17, 15) is 4.57 Å². The van der Waals surface area contributed by atoms with Crippen LogP contribution < -0.4 is 0 Å². The van der Waals surface area contributed by atoms with Gasteiger partial charge in [0, 0.05) is 0 Å². The highest BCUT2D eigenvalue weighted by Gasteiger charge is 2.49. The third kappa shape index (κ3) is 2.34. The summed E-state index contributed by atoms with van der Waals surface area (Å²) in [6.07, 6.45) is -1.12. The molecule has 1 rings (SSSR count). The molecule has 1 saturated heterocycles. The summed E-state index contributed by atoms with van der Waals surface area (Å²) in [5.74, 6) is 0. The Morgan fingerprint density at radius 1 is 1.64 bits per heavy atom. The Bertz CT molecular complexity index is 309. The fourth-order valence-corrected chi connectivity index (χ4v) is 2.90. The fourth-order valence-electron chi connectivity index (χ4n) is 0.968. The minimum absolute atomic E-state index is 0.320. The molecular formula is C8H14NO4P. The zero-order chi connectivity index (χ0) is 11.0. The number of phosphoric acid groups is 1. The van der Waals surface area contributed by atoms with Crippen LogP contribution in [0, 0.1) is 11.3 Å². The standard InChI is InChI=1S/C8H14NO4P/c1-6(5-9)11-14(10)12-7(2)8(3,4)13-14/h6-7H,1-4H3. The summed E-state index contributed by atoms with van der Waals surface area (Å²) in [6, 6.07) is 1.80. The normalized spacial score (nSPS) is 37.8. The number of hydrogen-bond donors (Lipinski definition) is 0. The van der Waals surface area contributed by atoms with Gasteiger partial charge in [-0.3, -0.25) is 13.6 Å². The lowest BCUT2D eigenvalue weighted by Crippen LogP contribution is -2.29. The van der Waals surface area contributed by atoms with Crippen LogP contribution in [0.5, 0.6) is 0 Å². The van der Waals surface area contributed by atoms with Gasteiger partial charge >= 0.3 is 7.82 Å². The van der Waals surface area contributed by atoms with Crippen molar-refractivity contribution < 1.29 is 18.1 Å². The van der Waals surface area contributed by atoms with Gasteiger partial charge in [-0.2, -0.15) is 5.26 Å². The molecule has 3 atom stereocenters. The largest absolute Gasteiger partial charge is 0.477 e. The van der Waals surface area contributed by atoms with Gasteiger partial charge in [-0.15, -0.1) is 0 Å². The Morgan fingerprint density at radius 3 is 2.57 bits per heavy atom. The zero-order valence-electron chi connectivity index (χ0n) is 8.68. The molecule has 0 aromatic rings. The first-order chi connectivity index (χ1) is 6.29. The zero-order valence-corrected chi connectivity index (χ0v) is 9.58. The molecule has 14 heavy (non-hydrogen) atoms. The number of hydrogen-bond acceptors (Lipinski definition) is 5. The lowest BCUT2D eigenvalue weighted by Gasteiger charge is -2.18. The summed E-state index contributed by atoms with van der Waals surface area (Å²) in [5.41, 5.74) is -0.648. The molecule has 0 bridgehead atoms. The molecule has 1 heterocycles. The van der Waals surface area contributed by atoms with Gasteiger partial charge in [0.15, 0.2) is 6.10 Å². The summed E-state index contributed by atoms with van der Waals surface area (Å²) < 4.78 is 27.0. The van der Waals surface area contributed by atoms with E-state index in [-0.39, 0.29) is 6.10 Å². The molecular weight excluding hydrogens is 205 g/mol. The van der Waals surface area contributed by atoms with Crippen LogP contribution in [0.3, 0.4) is 0 Å². The van der Waals surface area contributed by atoms with Crippen LogP contribution in [0.2, 0.25) is 0 Å². The summed E-state index contributed by atoms with van der Waals surface area (Å²) in [6.45, 7) is 6.76. The van der Waals surface area contributed by atoms with Crippen molar-refractivity contribution >= 4 is 7.82 Å². The first kappa shape index (κ1) is 11.7. The highest BCUT2D eigenvalue weighted by Crippen LogP contribution is 2.61. The van der Waals surface area contributed by atoms with Crippen LogP contribution in [0.25, 0.3) is 0 Å². The van der Waals surface area contributed by atoms with Gasteiger partial charge in [-0.05, 0) is 27.7 Å². The molecule has 0 aliphatic carbocycles. The molecule has 0 N–H and O–H groups in total. The molecule has 3 unspecified atom stereocenters. The van der Waals surface area contributed by atoms with E-state index in [4.69, 9.17) is 18.8 Å². The number of nitriles is 1. The van der Waals surface area contributed by atoms with Gasteiger partial charge in [0.2, 0.25) is 0 Å². The predicted octanol–water partition coefficient (Wildman–Crippen LogP) is 2.24. The van der Waals surface area contributed by atoms with Crippen molar-refractivity contribution in [2.75, 3.05) is 0 Å². The van der Waals surface area contributed by atoms with Crippen molar-refractivity contribution in [1.29, 1.82) is 5.26 Å². The minimum Gasteiger partial charge on any atom is -0.281 e. The highest BCUT2D eigenvalue weighted by atomic mass is 31.2.